The van der Waals surface area contributed by atoms with Gasteiger partial charge in [0, 0.05) is 22.2 Å². The number of aromatic nitrogens is 2. The van der Waals surface area contributed by atoms with E-state index < -0.39 is 0 Å². The number of nitriles is 1. The van der Waals surface area contributed by atoms with Gasteiger partial charge in [0.05, 0.1) is 17.9 Å². The fourth-order valence-corrected chi connectivity index (χ4v) is 3.76. The molecule has 1 aromatic carbocycles. The van der Waals surface area contributed by atoms with E-state index in [0.717, 1.165) is 27.2 Å². The lowest BCUT2D eigenvalue weighted by Crippen LogP contribution is -2.03. The number of ether oxygens (including phenoxy) is 1. The second kappa shape index (κ2) is 6.69. The van der Waals surface area contributed by atoms with Crippen molar-refractivity contribution in [3.8, 4) is 16.6 Å². The van der Waals surface area contributed by atoms with Crippen LogP contribution in [-0.2, 0) is 4.74 Å². The van der Waals surface area contributed by atoms with Crippen molar-refractivity contribution in [1.82, 2.24) is 9.97 Å². The number of nitrogens with one attached hydrogen (secondary N) is 1. The van der Waals surface area contributed by atoms with Crippen molar-refractivity contribution in [3.05, 3.63) is 40.0 Å². The van der Waals surface area contributed by atoms with Crippen LogP contribution in [0.15, 0.2) is 18.2 Å². The lowest BCUT2D eigenvalue weighted by Gasteiger charge is -2.00. The third-order valence-corrected chi connectivity index (χ3v) is 5.21. The molecule has 2 aromatic heterocycles. The van der Waals surface area contributed by atoms with Crippen molar-refractivity contribution in [2.75, 3.05) is 6.61 Å². The molecule has 1 N–H and O–H groups in total. The van der Waals surface area contributed by atoms with Gasteiger partial charge in [0.15, 0.2) is 0 Å². The van der Waals surface area contributed by atoms with Crippen molar-refractivity contribution in [2.45, 2.75) is 33.6 Å². The standard InChI is InChI=1S/C19H19N3O2S/c1-5-24-19(23)17-11(4)21-18(25-17)12-6-7-15-13(8-12)14(9-20)16(22-15)10(2)3/h6-8,10,22H,5H2,1-4H3. The summed E-state index contributed by atoms with van der Waals surface area (Å²) in [6.07, 6.45) is 0. The highest BCUT2D eigenvalue weighted by Gasteiger charge is 2.19. The fraction of sp³-hybridized carbons (Fsp3) is 0.316. The number of aryl methyl sites for hydroxylation is 1. The number of esters is 1. The van der Waals surface area contributed by atoms with Gasteiger partial charge in [-0.15, -0.1) is 11.3 Å². The van der Waals surface area contributed by atoms with Gasteiger partial charge in [0.2, 0.25) is 0 Å². The maximum atomic E-state index is 12.0. The molecule has 0 bridgehead atoms. The molecule has 0 fully saturated rings. The third-order valence-electron chi connectivity index (χ3n) is 4.02. The van der Waals surface area contributed by atoms with Crippen LogP contribution in [0.5, 0.6) is 0 Å². The van der Waals surface area contributed by atoms with Gasteiger partial charge in [-0.25, -0.2) is 9.78 Å². The smallest absolute Gasteiger partial charge is 0.350 e. The van der Waals surface area contributed by atoms with Crippen molar-refractivity contribution in [1.29, 1.82) is 5.26 Å². The molecule has 3 rings (SSSR count). The highest BCUT2D eigenvalue weighted by atomic mass is 32.1. The van der Waals surface area contributed by atoms with Gasteiger partial charge in [0.1, 0.15) is 16.0 Å². The summed E-state index contributed by atoms with van der Waals surface area (Å²) >= 11 is 1.32. The molecule has 0 amide bonds. The highest BCUT2D eigenvalue weighted by molar-refractivity contribution is 7.17. The Kier molecular flexibility index (Phi) is 4.60. The summed E-state index contributed by atoms with van der Waals surface area (Å²) < 4.78 is 5.08. The number of nitrogens with zero attached hydrogens (tertiary/aromatic N) is 2. The van der Waals surface area contributed by atoms with Crippen molar-refractivity contribution >= 4 is 28.2 Å². The molecule has 0 saturated carbocycles. The first-order chi connectivity index (χ1) is 12.0. The van der Waals surface area contributed by atoms with Gasteiger partial charge >= 0.3 is 5.97 Å². The number of aromatic amines is 1. The molecular formula is C19H19N3O2S. The number of carbonyl (C=O) groups is 1. The maximum Gasteiger partial charge on any atom is 0.350 e. The van der Waals surface area contributed by atoms with Gasteiger partial charge in [-0.3, -0.25) is 0 Å². The van der Waals surface area contributed by atoms with E-state index in [1.807, 2.05) is 18.2 Å². The molecule has 25 heavy (non-hydrogen) atoms. The first-order valence-electron chi connectivity index (χ1n) is 8.16. The molecule has 0 aliphatic rings. The van der Waals surface area contributed by atoms with Crippen molar-refractivity contribution < 1.29 is 9.53 Å². The van der Waals surface area contributed by atoms with Gasteiger partial charge < -0.3 is 9.72 Å². The van der Waals surface area contributed by atoms with E-state index >= 15 is 0 Å². The minimum atomic E-state index is -0.341. The summed E-state index contributed by atoms with van der Waals surface area (Å²) in [7, 11) is 0. The lowest BCUT2D eigenvalue weighted by atomic mass is 10.0. The van der Waals surface area contributed by atoms with Gasteiger partial charge in [-0.2, -0.15) is 5.26 Å². The van der Waals surface area contributed by atoms with Gasteiger partial charge in [-0.05, 0) is 38.0 Å². The van der Waals surface area contributed by atoms with Crippen LogP contribution in [0.2, 0.25) is 0 Å². The molecular weight excluding hydrogens is 334 g/mol. The Morgan fingerprint density at radius 2 is 2.20 bits per heavy atom. The van der Waals surface area contributed by atoms with Crippen LogP contribution < -0.4 is 0 Å². The Labute approximate surface area is 150 Å². The molecule has 0 spiro atoms. The molecule has 0 atom stereocenters. The first kappa shape index (κ1) is 17.2. The van der Waals surface area contributed by atoms with Gasteiger partial charge in [0.25, 0.3) is 0 Å². The maximum absolute atomic E-state index is 12.0. The second-order valence-corrected chi connectivity index (χ2v) is 7.09. The van der Waals surface area contributed by atoms with E-state index in [1.54, 1.807) is 13.8 Å². The van der Waals surface area contributed by atoms with E-state index in [2.05, 4.69) is 29.9 Å². The zero-order chi connectivity index (χ0) is 18.1. The summed E-state index contributed by atoms with van der Waals surface area (Å²) in [5, 5.41) is 11.2. The molecule has 3 aromatic rings. The molecule has 0 radical (unpaired) electrons. The molecule has 6 heteroatoms. The molecule has 0 aliphatic heterocycles. The highest BCUT2D eigenvalue weighted by Crippen LogP contribution is 2.33. The molecule has 128 valence electrons. The Hall–Kier alpha value is -2.65. The molecule has 0 aliphatic carbocycles. The predicted octanol–water partition coefficient (Wildman–Crippen LogP) is 4.77. The molecule has 2 heterocycles. The number of carbonyl (C=O) groups excluding carboxylic acids is 1. The van der Waals surface area contributed by atoms with Crippen molar-refractivity contribution in [3.63, 3.8) is 0 Å². The monoisotopic (exact) mass is 353 g/mol. The van der Waals surface area contributed by atoms with Crippen LogP contribution in [0.4, 0.5) is 0 Å². The number of hydrogen-bond donors (Lipinski definition) is 1. The Morgan fingerprint density at radius 3 is 2.84 bits per heavy atom. The number of benzene rings is 1. The number of thiazole rings is 1. The van der Waals surface area contributed by atoms with Crippen LogP contribution in [-0.4, -0.2) is 22.5 Å². The Balaban J connectivity index is 2.10. The van der Waals surface area contributed by atoms with Crippen LogP contribution in [0, 0.1) is 18.3 Å². The number of H-pyrrole nitrogens is 1. The van der Waals surface area contributed by atoms with Crippen LogP contribution in [0.25, 0.3) is 21.5 Å². The SMILES string of the molecule is CCOC(=O)c1sc(-c2ccc3[nH]c(C(C)C)c(C#N)c3c2)nc1C. The minimum Gasteiger partial charge on any atom is -0.462 e. The van der Waals surface area contributed by atoms with Gasteiger partial charge in [-0.1, -0.05) is 13.8 Å². The topological polar surface area (TPSA) is 78.8 Å². The normalized spacial score (nSPS) is 11.0. The van der Waals surface area contributed by atoms with E-state index in [0.29, 0.717) is 22.7 Å². The van der Waals surface area contributed by atoms with E-state index in [-0.39, 0.29) is 11.9 Å². The minimum absolute atomic E-state index is 0.239. The number of hydrogen-bond acceptors (Lipinski definition) is 5. The summed E-state index contributed by atoms with van der Waals surface area (Å²) in [5.74, 6) is -0.102. The Morgan fingerprint density at radius 1 is 1.44 bits per heavy atom. The quantitative estimate of drug-likeness (QED) is 0.685. The summed E-state index contributed by atoms with van der Waals surface area (Å²) in [4.78, 5) is 20.4. The van der Waals surface area contributed by atoms with E-state index in [1.165, 1.54) is 11.3 Å². The van der Waals surface area contributed by atoms with Crippen LogP contribution in [0.1, 0.15) is 53.3 Å². The average Bonchev–Trinajstić information content (AvgIpc) is 3.14. The average molecular weight is 353 g/mol. The zero-order valence-electron chi connectivity index (χ0n) is 14.6. The van der Waals surface area contributed by atoms with Crippen LogP contribution in [0.3, 0.4) is 0 Å². The second-order valence-electron chi connectivity index (χ2n) is 6.09. The predicted molar refractivity (Wildman–Crippen MR) is 98.9 cm³/mol. The molecule has 5 nitrogen and oxygen atoms in total. The number of rotatable bonds is 4. The summed E-state index contributed by atoms with van der Waals surface area (Å²) in [5.41, 5.74) is 4.10. The van der Waals surface area contributed by atoms with Crippen molar-refractivity contribution in [2.24, 2.45) is 0 Å². The third kappa shape index (κ3) is 3.03. The van der Waals surface area contributed by atoms with E-state index in [4.69, 9.17) is 4.74 Å². The fourth-order valence-electron chi connectivity index (χ4n) is 2.81. The number of fused-ring (bicyclic) bond motifs is 1. The van der Waals surface area contributed by atoms with E-state index in [9.17, 15) is 10.1 Å². The first-order valence-corrected chi connectivity index (χ1v) is 8.98. The largest absolute Gasteiger partial charge is 0.462 e. The Bertz CT molecular complexity index is 992. The summed E-state index contributed by atoms with van der Waals surface area (Å²) in [6, 6.07) is 8.18. The zero-order valence-corrected chi connectivity index (χ0v) is 15.5. The summed E-state index contributed by atoms with van der Waals surface area (Å²) in [6.45, 7) is 8.04. The molecule has 0 saturated heterocycles. The lowest BCUT2D eigenvalue weighted by molar-refractivity contribution is 0.0531. The molecule has 0 unspecified atom stereocenters. The van der Waals surface area contributed by atoms with Crippen LogP contribution >= 0.6 is 11.3 Å².